The maximum absolute atomic E-state index is 13.2. The molecule has 5 nitrogen and oxygen atoms in total. The molecule has 0 aromatic heterocycles. The zero-order chi connectivity index (χ0) is 18.9. The van der Waals surface area contributed by atoms with Crippen LogP contribution in [0.3, 0.4) is 0 Å². The second kappa shape index (κ2) is 7.17. The van der Waals surface area contributed by atoms with Crippen molar-refractivity contribution in [2.24, 2.45) is 0 Å². The van der Waals surface area contributed by atoms with Crippen LogP contribution in [-0.2, 0) is 21.2 Å². The van der Waals surface area contributed by atoms with E-state index in [4.69, 9.17) is 0 Å². The van der Waals surface area contributed by atoms with Gasteiger partial charge in [0.1, 0.15) is 11.9 Å². The first kappa shape index (κ1) is 18.5. The number of benzene rings is 2. The van der Waals surface area contributed by atoms with Gasteiger partial charge in [0.25, 0.3) is 0 Å². The van der Waals surface area contributed by atoms with Crippen LogP contribution in [0.4, 0.5) is 4.39 Å². The van der Waals surface area contributed by atoms with E-state index in [1.54, 1.807) is 0 Å². The molecule has 0 heterocycles. The average molecular weight is 376 g/mol. The Morgan fingerprint density at radius 3 is 2.42 bits per heavy atom. The summed E-state index contributed by atoms with van der Waals surface area (Å²) in [5, 5.41) is 2.95. The van der Waals surface area contributed by atoms with E-state index in [0.29, 0.717) is 12.0 Å². The minimum absolute atomic E-state index is 0.121. The Labute approximate surface area is 152 Å². The number of halogens is 1. The fourth-order valence-corrected chi connectivity index (χ4v) is 4.05. The molecule has 138 valence electrons. The van der Waals surface area contributed by atoms with E-state index >= 15 is 0 Å². The van der Waals surface area contributed by atoms with E-state index in [0.717, 1.165) is 6.26 Å². The SMILES string of the molecule is C[C@H]1c2ccccc2C[C@@H]1NC(=O)[C@@H](NS(C)(=O)=O)c1ccc(F)cc1. The number of hydrogen-bond acceptors (Lipinski definition) is 3. The molecule has 7 heteroatoms. The van der Waals surface area contributed by atoms with Crippen LogP contribution in [0.1, 0.15) is 35.6 Å². The molecular formula is C19H21FN2O3S. The highest BCUT2D eigenvalue weighted by Crippen LogP contribution is 2.33. The molecule has 0 fully saturated rings. The van der Waals surface area contributed by atoms with Crippen LogP contribution in [0.5, 0.6) is 0 Å². The van der Waals surface area contributed by atoms with Gasteiger partial charge >= 0.3 is 0 Å². The lowest BCUT2D eigenvalue weighted by atomic mass is 10.00. The number of sulfonamides is 1. The predicted octanol–water partition coefficient (Wildman–Crippen LogP) is 2.26. The van der Waals surface area contributed by atoms with Crippen molar-refractivity contribution in [3.05, 3.63) is 71.0 Å². The summed E-state index contributed by atoms with van der Waals surface area (Å²) in [4.78, 5) is 12.8. The van der Waals surface area contributed by atoms with Gasteiger partial charge in [0.15, 0.2) is 0 Å². The molecule has 1 amide bonds. The third-order valence-electron chi connectivity index (χ3n) is 4.71. The minimum atomic E-state index is -3.63. The Bertz CT molecular complexity index is 913. The highest BCUT2D eigenvalue weighted by Gasteiger charge is 2.33. The maximum atomic E-state index is 13.2. The van der Waals surface area contributed by atoms with Gasteiger partial charge in [-0.05, 0) is 35.2 Å². The lowest BCUT2D eigenvalue weighted by molar-refractivity contribution is -0.123. The second-order valence-electron chi connectivity index (χ2n) is 6.68. The molecule has 1 aliphatic rings. The molecular weight excluding hydrogens is 355 g/mol. The van der Waals surface area contributed by atoms with Crippen molar-refractivity contribution in [1.82, 2.24) is 10.0 Å². The Kier molecular flexibility index (Phi) is 5.11. The second-order valence-corrected chi connectivity index (χ2v) is 8.46. The number of fused-ring (bicyclic) bond motifs is 1. The first-order chi connectivity index (χ1) is 12.2. The van der Waals surface area contributed by atoms with Crippen LogP contribution in [0.2, 0.25) is 0 Å². The topological polar surface area (TPSA) is 75.3 Å². The molecule has 0 bridgehead atoms. The van der Waals surface area contributed by atoms with Crippen molar-refractivity contribution < 1.29 is 17.6 Å². The highest BCUT2D eigenvalue weighted by molar-refractivity contribution is 7.88. The maximum Gasteiger partial charge on any atom is 0.242 e. The van der Waals surface area contributed by atoms with Crippen LogP contribution < -0.4 is 10.0 Å². The quantitative estimate of drug-likeness (QED) is 0.841. The minimum Gasteiger partial charge on any atom is -0.351 e. The zero-order valence-corrected chi connectivity index (χ0v) is 15.4. The molecule has 0 saturated heterocycles. The standard InChI is InChI=1S/C19H21FN2O3S/c1-12-16-6-4-3-5-14(16)11-17(12)21-19(23)18(22-26(2,24)25)13-7-9-15(20)10-8-13/h3-10,12,17-18,22H,11H2,1-2H3,(H,21,23)/t12-,17-,18-/m0/s1. The molecule has 1 aliphatic carbocycles. The summed E-state index contributed by atoms with van der Waals surface area (Å²) in [6, 6.07) is 12.0. The molecule has 0 saturated carbocycles. The fraction of sp³-hybridized carbons (Fsp3) is 0.316. The van der Waals surface area contributed by atoms with Gasteiger partial charge in [-0.2, -0.15) is 4.72 Å². The smallest absolute Gasteiger partial charge is 0.242 e. The molecule has 2 aromatic carbocycles. The molecule has 2 aromatic rings. The molecule has 0 unspecified atom stereocenters. The molecule has 26 heavy (non-hydrogen) atoms. The monoisotopic (exact) mass is 376 g/mol. The summed E-state index contributed by atoms with van der Waals surface area (Å²) in [6.45, 7) is 2.04. The van der Waals surface area contributed by atoms with Crippen LogP contribution in [0.15, 0.2) is 48.5 Å². The summed E-state index contributed by atoms with van der Waals surface area (Å²) >= 11 is 0. The van der Waals surface area contributed by atoms with E-state index in [1.165, 1.54) is 35.4 Å². The van der Waals surface area contributed by atoms with Gasteiger partial charge in [-0.3, -0.25) is 4.79 Å². The number of carbonyl (C=O) groups is 1. The molecule has 2 N–H and O–H groups in total. The number of hydrogen-bond donors (Lipinski definition) is 2. The Morgan fingerprint density at radius 2 is 1.81 bits per heavy atom. The van der Waals surface area contributed by atoms with E-state index < -0.39 is 27.8 Å². The van der Waals surface area contributed by atoms with Gasteiger partial charge in [0, 0.05) is 12.0 Å². The normalized spacial score (nSPS) is 20.4. The van der Waals surface area contributed by atoms with Crippen LogP contribution in [0.25, 0.3) is 0 Å². The van der Waals surface area contributed by atoms with E-state index in [2.05, 4.69) is 10.0 Å². The number of amides is 1. The third-order valence-corrected chi connectivity index (χ3v) is 5.38. The average Bonchev–Trinajstić information content (AvgIpc) is 2.89. The molecule has 0 radical (unpaired) electrons. The summed E-state index contributed by atoms with van der Waals surface area (Å²) in [5.41, 5.74) is 2.75. The summed E-state index contributed by atoms with van der Waals surface area (Å²) in [5.74, 6) is -0.777. The Morgan fingerprint density at radius 1 is 1.15 bits per heavy atom. The lowest BCUT2D eigenvalue weighted by Gasteiger charge is -2.23. The van der Waals surface area contributed by atoms with Crippen molar-refractivity contribution in [3.8, 4) is 0 Å². The first-order valence-electron chi connectivity index (χ1n) is 8.35. The van der Waals surface area contributed by atoms with Gasteiger partial charge in [0.05, 0.1) is 6.26 Å². The van der Waals surface area contributed by atoms with E-state index in [-0.39, 0.29) is 12.0 Å². The largest absolute Gasteiger partial charge is 0.351 e. The molecule has 0 spiro atoms. The van der Waals surface area contributed by atoms with Gasteiger partial charge in [0.2, 0.25) is 15.9 Å². The fourth-order valence-electron chi connectivity index (χ4n) is 3.38. The highest BCUT2D eigenvalue weighted by atomic mass is 32.2. The third kappa shape index (κ3) is 4.11. The molecule has 3 atom stereocenters. The Hall–Kier alpha value is -2.25. The van der Waals surface area contributed by atoms with Crippen molar-refractivity contribution in [2.45, 2.75) is 31.3 Å². The Balaban J connectivity index is 1.81. The van der Waals surface area contributed by atoms with Gasteiger partial charge in [-0.25, -0.2) is 12.8 Å². The van der Waals surface area contributed by atoms with Gasteiger partial charge in [-0.1, -0.05) is 43.3 Å². The summed E-state index contributed by atoms with van der Waals surface area (Å²) in [6.07, 6.45) is 1.68. The van der Waals surface area contributed by atoms with Gasteiger partial charge < -0.3 is 5.32 Å². The first-order valence-corrected chi connectivity index (χ1v) is 10.2. The van der Waals surface area contributed by atoms with Crippen LogP contribution in [-0.4, -0.2) is 26.6 Å². The number of rotatable bonds is 5. The zero-order valence-electron chi connectivity index (χ0n) is 14.6. The lowest BCUT2D eigenvalue weighted by Crippen LogP contribution is -2.45. The van der Waals surface area contributed by atoms with E-state index in [1.807, 2.05) is 31.2 Å². The number of nitrogens with one attached hydrogen (secondary N) is 2. The van der Waals surface area contributed by atoms with Crippen molar-refractivity contribution in [3.63, 3.8) is 0 Å². The molecule has 3 rings (SSSR count). The summed E-state index contributed by atoms with van der Waals surface area (Å²) in [7, 11) is -3.63. The van der Waals surface area contributed by atoms with Gasteiger partial charge in [-0.15, -0.1) is 0 Å². The van der Waals surface area contributed by atoms with Crippen molar-refractivity contribution in [2.75, 3.05) is 6.26 Å². The van der Waals surface area contributed by atoms with E-state index in [9.17, 15) is 17.6 Å². The number of carbonyl (C=O) groups excluding carboxylic acids is 1. The van der Waals surface area contributed by atoms with Crippen molar-refractivity contribution >= 4 is 15.9 Å². The van der Waals surface area contributed by atoms with Crippen LogP contribution in [0, 0.1) is 5.82 Å². The van der Waals surface area contributed by atoms with Crippen molar-refractivity contribution in [1.29, 1.82) is 0 Å². The predicted molar refractivity (Wildman–Crippen MR) is 97.6 cm³/mol. The molecule has 0 aliphatic heterocycles. The summed E-state index contributed by atoms with van der Waals surface area (Å²) < 4.78 is 38.9. The van der Waals surface area contributed by atoms with Crippen LogP contribution >= 0.6 is 0 Å².